The van der Waals surface area contributed by atoms with Crippen LogP contribution >= 0.6 is 0 Å². The average molecular weight is 753 g/mol. The molecule has 4 heteroatoms. The van der Waals surface area contributed by atoms with Gasteiger partial charge in [0.1, 0.15) is 11.5 Å². The summed E-state index contributed by atoms with van der Waals surface area (Å²) in [6.45, 7) is 25.1. The van der Waals surface area contributed by atoms with E-state index in [1.54, 1.807) is 6.92 Å². The first-order valence-corrected chi connectivity index (χ1v) is 20.3. The van der Waals surface area contributed by atoms with Gasteiger partial charge in [0.05, 0.1) is 13.2 Å². The van der Waals surface area contributed by atoms with Gasteiger partial charge < -0.3 is 20.4 Å². The Morgan fingerprint density at radius 2 is 0.618 bits per heavy atom. The van der Waals surface area contributed by atoms with Crippen molar-refractivity contribution in [1.82, 2.24) is 0 Å². The Bertz CT molecular complexity index is 1700. The number of rotatable bonds is 23. The molecule has 0 fully saturated rings. The van der Waals surface area contributed by atoms with Gasteiger partial charge in [-0.25, -0.2) is 0 Å². The van der Waals surface area contributed by atoms with Crippen LogP contribution in [0.25, 0.3) is 0 Å². The van der Waals surface area contributed by atoms with Crippen LogP contribution in [0.2, 0.25) is 0 Å². The Morgan fingerprint density at radius 1 is 0.364 bits per heavy atom. The number of allylic oxidation sites excluding steroid dienone is 20. The maximum Gasteiger partial charge on any atom is 0.125 e. The van der Waals surface area contributed by atoms with Gasteiger partial charge in [0.25, 0.3) is 0 Å². The van der Waals surface area contributed by atoms with Crippen LogP contribution in [0.15, 0.2) is 116 Å². The highest BCUT2D eigenvalue weighted by Gasteiger charge is 2.20. The second-order valence-electron chi connectivity index (χ2n) is 16.2. The quantitative estimate of drug-likeness (QED) is 0.0663. The van der Waals surface area contributed by atoms with Crippen LogP contribution in [0.4, 0.5) is 0 Å². The summed E-state index contributed by atoms with van der Waals surface area (Å²) in [5.41, 5.74) is 15.4. The van der Waals surface area contributed by atoms with Gasteiger partial charge in [-0.15, -0.1) is 0 Å². The lowest BCUT2D eigenvalue weighted by Gasteiger charge is -2.17. The summed E-state index contributed by atoms with van der Waals surface area (Å²) in [6, 6.07) is 0. The van der Waals surface area contributed by atoms with Gasteiger partial charge in [-0.05, 0) is 159 Å². The first kappa shape index (κ1) is 49.2. The Labute approximate surface area is 336 Å². The molecule has 0 spiro atoms. The van der Waals surface area contributed by atoms with Crippen LogP contribution in [0.5, 0.6) is 11.5 Å². The summed E-state index contributed by atoms with van der Waals surface area (Å²) in [5.74, 6) is -0.0858. The van der Waals surface area contributed by atoms with Crippen LogP contribution in [0, 0.1) is 6.92 Å². The molecule has 55 heavy (non-hydrogen) atoms. The second-order valence-corrected chi connectivity index (χ2v) is 16.2. The highest BCUT2D eigenvalue weighted by atomic mass is 16.3. The third-order valence-electron chi connectivity index (χ3n) is 10.2. The molecule has 1 rings (SSSR count). The molecule has 304 valence electrons. The van der Waals surface area contributed by atoms with Crippen molar-refractivity contribution in [3.05, 3.63) is 139 Å². The molecule has 4 nitrogen and oxygen atoms in total. The van der Waals surface area contributed by atoms with Crippen molar-refractivity contribution in [2.45, 2.75) is 167 Å². The van der Waals surface area contributed by atoms with E-state index >= 15 is 0 Å². The highest BCUT2D eigenvalue weighted by Crippen LogP contribution is 2.38. The number of phenols is 2. The zero-order chi connectivity index (χ0) is 41.5. The van der Waals surface area contributed by atoms with Gasteiger partial charge in [-0.3, -0.25) is 0 Å². The molecule has 0 saturated heterocycles. The lowest BCUT2D eigenvalue weighted by molar-refractivity contribution is 0.249. The smallest absolute Gasteiger partial charge is 0.125 e. The van der Waals surface area contributed by atoms with Crippen LogP contribution in [-0.4, -0.2) is 20.4 Å². The molecule has 0 amide bonds. The summed E-state index contributed by atoms with van der Waals surface area (Å²) in [4.78, 5) is 0. The van der Waals surface area contributed by atoms with Gasteiger partial charge in [0.15, 0.2) is 0 Å². The van der Waals surface area contributed by atoms with E-state index in [0.29, 0.717) is 24.0 Å². The summed E-state index contributed by atoms with van der Waals surface area (Å²) < 4.78 is 0. The third-order valence-corrected chi connectivity index (χ3v) is 10.2. The number of aliphatic hydroxyl groups excluding tert-OH is 2. The topological polar surface area (TPSA) is 80.9 Å². The first-order chi connectivity index (χ1) is 26.0. The second kappa shape index (κ2) is 26.9. The fourth-order valence-electron chi connectivity index (χ4n) is 5.92. The van der Waals surface area contributed by atoms with E-state index in [4.69, 9.17) is 0 Å². The fraction of sp³-hybridized carbons (Fsp3) is 0.490. The summed E-state index contributed by atoms with van der Waals surface area (Å²) in [7, 11) is 0. The van der Waals surface area contributed by atoms with Crippen LogP contribution < -0.4 is 0 Å². The number of hydrogen-bond acceptors (Lipinski definition) is 4. The van der Waals surface area contributed by atoms with Crippen LogP contribution in [0.3, 0.4) is 0 Å². The normalized spacial score (nSPS) is 14.6. The maximum atomic E-state index is 10.7. The maximum absolute atomic E-state index is 10.7. The zero-order valence-corrected chi connectivity index (χ0v) is 36.8. The molecule has 0 unspecified atom stereocenters. The molecule has 0 heterocycles. The number of aromatic hydroxyl groups is 2. The summed E-state index contributed by atoms with van der Waals surface area (Å²) >= 11 is 0. The van der Waals surface area contributed by atoms with E-state index in [0.717, 1.165) is 57.8 Å². The minimum Gasteiger partial charge on any atom is -0.507 e. The van der Waals surface area contributed by atoms with E-state index in [1.165, 1.54) is 55.7 Å². The molecule has 0 bridgehead atoms. The molecule has 1 aromatic rings. The predicted molar refractivity (Wildman–Crippen MR) is 239 cm³/mol. The van der Waals surface area contributed by atoms with E-state index < -0.39 is 13.2 Å². The van der Waals surface area contributed by atoms with Crippen molar-refractivity contribution >= 4 is 0 Å². The van der Waals surface area contributed by atoms with Crippen LogP contribution in [-0.2, 0) is 19.6 Å². The number of hydrogen-bond donors (Lipinski definition) is 4. The van der Waals surface area contributed by atoms with E-state index in [1.807, 2.05) is 0 Å². The van der Waals surface area contributed by atoms with Crippen molar-refractivity contribution < 1.29 is 20.4 Å². The van der Waals surface area contributed by atoms with Gasteiger partial charge >= 0.3 is 0 Å². The monoisotopic (exact) mass is 753 g/mol. The SMILES string of the molecule is CC(C)=CC/C(C)=C\C/C(C)=C\C/C(C)=C\C/C(C)=C\C/C(C)=C\C/C(C)=C\C/C(C)=C\C/C(C)=C\C/C(C)=C\CCc1c(C)c(O)c(CO)c(CO)c1O. The van der Waals surface area contributed by atoms with E-state index in [9.17, 15) is 20.4 Å². The minimum atomic E-state index is -0.436. The molecule has 0 aliphatic rings. The summed E-state index contributed by atoms with van der Waals surface area (Å²) in [5, 5.41) is 40.3. The molecule has 0 aliphatic heterocycles. The Morgan fingerprint density at radius 3 is 0.891 bits per heavy atom. The standard InChI is InChI=1S/C51H76O4/c1-36(2)16-17-38(4)20-21-40(6)24-25-42(8)28-29-44(10)32-33-45(11)31-30-43(9)27-26-41(7)23-22-39(5)19-18-37(3)14-13-15-47-46(12)50(54)48(34-52)49(35-53)51(47)55/h14,16,19-20,23-24,27-28,31-32,52-55H,13,15,17-18,21-22,25-26,29-30,33-35H2,1-12H3/b37-14-,38-20-,39-19-,40-24-,41-23-,42-28-,43-27-,44-32-,45-31-. The van der Waals surface area contributed by atoms with Crippen molar-refractivity contribution in [2.75, 3.05) is 0 Å². The van der Waals surface area contributed by atoms with E-state index in [-0.39, 0.29) is 22.6 Å². The van der Waals surface area contributed by atoms with Crippen LogP contribution in [0.1, 0.15) is 163 Å². The highest BCUT2D eigenvalue weighted by molar-refractivity contribution is 5.57. The molecule has 0 aromatic heterocycles. The molecule has 1 aromatic carbocycles. The lowest BCUT2D eigenvalue weighted by Crippen LogP contribution is -2.02. The molecule has 4 N–H and O–H groups in total. The fourth-order valence-corrected chi connectivity index (χ4v) is 5.92. The number of aliphatic hydroxyl groups is 2. The molecular weight excluding hydrogens is 677 g/mol. The van der Waals surface area contributed by atoms with E-state index in [2.05, 4.69) is 137 Å². The Hall–Kier alpha value is -3.86. The molecule has 0 radical (unpaired) electrons. The van der Waals surface area contributed by atoms with Gasteiger partial charge in [0, 0.05) is 16.7 Å². The molecule has 0 saturated carbocycles. The van der Waals surface area contributed by atoms with Crippen molar-refractivity contribution in [2.24, 2.45) is 0 Å². The molecule has 0 aliphatic carbocycles. The third kappa shape index (κ3) is 20.6. The van der Waals surface area contributed by atoms with Crippen molar-refractivity contribution in [1.29, 1.82) is 0 Å². The predicted octanol–water partition coefficient (Wildman–Crippen LogP) is 14.3. The average Bonchev–Trinajstić information content (AvgIpc) is 3.15. The minimum absolute atomic E-state index is 0.0327. The molecule has 0 atom stereocenters. The zero-order valence-electron chi connectivity index (χ0n) is 36.8. The summed E-state index contributed by atoms with van der Waals surface area (Å²) in [6.07, 6.45) is 33.4. The lowest BCUT2D eigenvalue weighted by atomic mass is 9.93. The first-order valence-electron chi connectivity index (χ1n) is 20.3. The van der Waals surface area contributed by atoms with Crippen molar-refractivity contribution in [3.63, 3.8) is 0 Å². The van der Waals surface area contributed by atoms with Gasteiger partial charge in [-0.1, -0.05) is 116 Å². The number of benzene rings is 1. The largest absolute Gasteiger partial charge is 0.507 e. The van der Waals surface area contributed by atoms with Crippen molar-refractivity contribution in [3.8, 4) is 11.5 Å². The molecular formula is C51H76O4. The van der Waals surface area contributed by atoms with Gasteiger partial charge in [0.2, 0.25) is 0 Å². The van der Waals surface area contributed by atoms with Gasteiger partial charge in [-0.2, -0.15) is 0 Å². The Kier molecular flexibility index (Phi) is 24.0. The Balaban J connectivity index is 2.54.